The van der Waals surface area contributed by atoms with Crippen LogP contribution >= 0.6 is 0 Å². The standard InChI is InChI=1S/C13H16N4O2/c1-2-6-16-10-14-8-13(16)9-15-11-4-3-5-12(7-11)17(18)19/h3-5,7-8,10,15H,2,6,9H2,1H3. The fraction of sp³-hybridized carbons (Fsp3) is 0.308. The van der Waals surface area contributed by atoms with Crippen molar-refractivity contribution in [2.45, 2.75) is 26.4 Å². The van der Waals surface area contributed by atoms with Gasteiger partial charge in [-0.05, 0) is 12.5 Å². The fourth-order valence-electron chi connectivity index (χ4n) is 1.86. The maximum absolute atomic E-state index is 10.7. The molecule has 0 atom stereocenters. The van der Waals surface area contributed by atoms with Crippen LogP contribution < -0.4 is 5.32 Å². The Morgan fingerprint density at radius 3 is 3.05 bits per heavy atom. The van der Waals surface area contributed by atoms with Crippen LogP contribution in [0.5, 0.6) is 0 Å². The number of imidazole rings is 1. The zero-order valence-corrected chi connectivity index (χ0v) is 10.7. The summed E-state index contributed by atoms with van der Waals surface area (Å²) in [5.74, 6) is 0. The van der Waals surface area contributed by atoms with E-state index in [-0.39, 0.29) is 5.69 Å². The summed E-state index contributed by atoms with van der Waals surface area (Å²) in [7, 11) is 0. The number of aryl methyl sites for hydroxylation is 1. The molecule has 0 bridgehead atoms. The highest BCUT2D eigenvalue weighted by molar-refractivity contribution is 5.50. The lowest BCUT2D eigenvalue weighted by Crippen LogP contribution is -2.07. The van der Waals surface area contributed by atoms with Crippen LogP contribution in [0.25, 0.3) is 0 Å². The zero-order valence-electron chi connectivity index (χ0n) is 10.7. The molecule has 0 aliphatic carbocycles. The molecule has 1 aromatic heterocycles. The van der Waals surface area contributed by atoms with Crippen LogP contribution in [0.15, 0.2) is 36.8 Å². The Hall–Kier alpha value is -2.37. The first-order valence-corrected chi connectivity index (χ1v) is 6.18. The summed E-state index contributed by atoms with van der Waals surface area (Å²) in [4.78, 5) is 14.4. The molecule has 0 spiro atoms. The molecule has 0 aliphatic heterocycles. The smallest absolute Gasteiger partial charge is 0.271 e. The number of anilines is 1. The number of rotatable bonds is 6. The van der Waals surface area contributed by atoms with E-state index in [4.69, 9.17) is 0 Å². The fourth-order valence-corrected chi connectivity index (χ4v) is 1.86. The second-order valence-electron chi connectivity index (χ2n) is 4.24. The average molecular weight is 260 g/mol. The van der Waals surface area contributed by atoms with Crippen molar-refractivity contribution in [3.05, 3.63) is 52.6 Å². The monoisotopic (exact) mass is 260 g/mol. The Balaban J connectivity index is 2.04. The number of nitrogens with one attached hydrogen (secondary N) is 1. The largest absolute Gasteiger partial charge is 0.379 e. The van der Waals surface area contributed by atoms with Gasteiger partial charge in [0.2, 0.25) is 0 Å². The minimum absolute atomic E-state index is 0.0899. The highest BCUT2D eigenvalue weighted by atomic mass is 16.6. The number of hydrogen-bond donors (Lipinski definition) is 1. The van der Waals surface area contributed by atoms with E-state index in [9.17, 15) is 10.1 Å². The quantitative estimate of drug-likeness (QED) is 0.640. The molecule has 0 aliphatic rings. The summed E-state index contributed by atoms with van der Waals surface area (Å²) in [5, 5.41) is 13.9. The Morgan fingerprint density at radius 2 is 2.32 bits per heavy atom. The first-order chi connectivity index (χ1) is 9.20. The number of hydrogen-bond acceptors (Lipinski definition) is 4. The molecule has 0 saturated carbocycles. The van der Waals surface area contributed by atoms with E-state index >= 15 is 0 Å². The van der Waals surface area contributed by atoms with Crippen molar-refractivity contribution in [1.82, 2.24) is 9.55 Å². The molecule has 100 valence electrons. The molecule has 1 heterocycles. The molecule has 0 fully saturated rings. The van der Waals surface area contributed by atoms with Gasteiger partial charge in [0.05, 0.1) is 23.5 Å². The first kappa shape index (κ1) is 13.1. The molecule has 2 aromatic rings. The third-order valence-corrected chi connectivity index (χ3v) is 2.79. The average Bonchev–Trinajstić information content (AvgIpc) is 2.85. The van der Waals surface area contributed by atoms with E-state index in [2.05, 4.69) is 21.8 Å². The maximum Gasteiger partial charge on any atom is 0.271 e. The molecule has 6 nitrogen and oxygen atoms in total. The molecule has 0 unspecified atom stereocenters. The molecule has 1 aromatic carbocycles. The van der Waals surface area contributed by atoms with Gasteiger partial charge < -0.3 is 9.88 Å². The lowest BCUT2D eigenvalue weighted by atomic mass is 10.3. The summed E-state index contributed by atoms with van der Waals surface area (Å²) in [6.45, 7) is 3.63. The number of non-ortho nitro benzene ring substituents is 1. The highest BCUT2D eigenvalue weighted by Crippen LogP contribution is 2.17. The van der Waals surface area contributed by atoms with E-state index in [1.165, 1.54) is 12.1 Å². The van der Waals surface area contributed by atoms with Crippen LogP contribution in [0.1, 0.15) is 19.0 Å². The van der Waals surface area contributed by atoms with Crippen LogP contribution in [-0.4, -0.2) is 14.5 Å². The van der Waals surface area contributed by atoms with Gasteiger partial charge in [-0.15, -0.1) is 0 Å². The van der Waals surface area contributed by atoms with E-state index in [0.29, 0.717) is 6.54 Å². The molecule has 0 radical (unpaired) electrons. The van der Waals surface area contributed by atoms with Crippen LogP contribution in [-0.2, 0) is 13.1 Å². The van der Waals surface area contributed by atoms with Crippen molar-refractivity contribution in [3.63, 3.8) is 0 Å². The molecule has 1 N–H and O–H groups in total. The van der Waals surface area contributed by atoms with Gasteiger partial charge in [-0.25, -0.2) is 4.98 Å². The van der Waals surface area contributed by atoms with Gasteiger partial charge >= 0.3 is 0 Å². The Bertz CT molecular complexity index is 565. The summed E-state index contributed by atoms with van der Waals surface area (Å²) in [5.41, 5.74) is 1.89. The maximum atomic E-state index is 10.7. The number of nitro benzene ring substituents is 1. The number of benzene rings is 1. The minimum atomic E-state index is -0.396. The Morgan fingerprint density at radius 1 is 1.47 bits per heavy atom. The highest BCUT2D eigenvalue weighted by Gasteiger charge is 2.06. The van der Waals surface area contributed by atoms with Crippen LogP contribution in [0.3, 0.4) is 0 Å². The molecular weight excluding hydrogens is 244 g/mol. The zero-order chi connectivity index (χ0) is 13.7. The summed E-state index contributed by atoms with van der Waals surface area (Å²) in [6.07, 6.45) is 4.65. The normalized spacial score (nSPS) is 10.4. The van der Waals surface area contributed by atoms with Gasteiger partial charge in [0.1, 0.15) is 0 Å². The molecule has 0 amide bonds. The molecule has 6 heteroatoms. The molecule has 0 saturated heterocycles. The van der Waals surface area contributed by atoms with Gasteiger partial charge in [0.25, 0.3) is 5.69 Å². The Labute approximate surface area is 111 Å². The van der Waals surface area contributed by atoms with Gasteiger partial charge in [-0.3, -0.25) is 10.1 Å². The minimum Gasteiger partial charge on any atom is -0.379 e. The second-order valence-corrected chi connectivity index (χ2v) is 4.24. The number of aromatic nitrogens is 2. The van der Waals surface area contributed by atoms with Crippen LogP contribution in [0.4, 0.5) is 11.4 Å². The van der Waals surface area contributed by atoms with Crippen molar-refractivity contribution in [2.24, 2.45) is 0 Å². The summed E-state index contributed by atoms with van der Waals surface area (Å²) in [6, 6.07) is 6.49. The van der Waals surface area contributed by atoms with Crippen molar-refractivity contribution in [2.75, 3.05) is 5.32 Å². The lowest BCUT2D eigenvalue weighted by molar-refractivity contribution is -0.384. The molecule has 19 heavy (non-hydrogen) atoms. The summed E-state index contributed by atoms with van der Waals surface area (Å²) < 4.78 is 2.07. The van der Waals surface area contributed by atoms with E-state index < -0.39 is 4.92 Å². The predicted octanol–water partition coefficient (Wildman–Crippen LogP) is 2.81. The van der Waals surface area contributed by atoms with Crippen molar-refractivity contribution in [3.8, 4) is 0 Å². The first-order valence-electron chi connectivity index (χ1n) is 6.18. The second kappa shape index (κ2) is 5.99. The molecular formula is C13H16N4O2. The van der Waals surface area contributed by atoms with Gasteiger partial charge in [-0.1, -0.05) is 13.0 Å². The SMILES string of the molecule is CCCn1cncc1CNc1cccc([N+](=O)[O-])c1. The van der Waals surface area contributed by atoms with Crippen LogP contribution in [0, 0.1) is 10.1 Å². The van der Waals surface area contributed by atoms with E-state index in [1.807, 2.05) is 6.07 Å². The van der Waals surface area contributed by atoms with Crippen molar-refractivity contribution in [1.29, 1.82) is 0 Å². The Kier molecular flexibility index (Phi) is 4.12. The van der Waals surface area contributed by atoms with Gasteiger partial charge in [0.15, 0.2) is 0 Å². The topological polar surface area (TPSA) is 73.0 Å². The molecule has 2 rings (SSSR count). The van der Waals surface area contributed by atoms with Gasteiger partial charge in [-0.2, -0.15) is 0 Å². The van der Waals surface area contributed by atoms with Crippen molar-refractivity contribution >= 4 is 11.4 Å². The number of nitrogens with zero attached hydrogens (tertiary/aromatic N) is 3. The predicted molar refractivity (Wildman–Crippen MR) is 72.9 cm³/mol. The lowest BCUT2D eigenvalue weighted by Gasteiger charge is -2.09. The third-order valence-electron chi connectivity index (χ3n) is 2.79. The third kappa shape index (κ3) is 3.31. The van der Waals surface area contributed by atoms with Gasteiger partial charge in [0, 0.05) is 30.6 Å². The summed E-state index contributed by atoms with van der Waals surface area (Å²) >= 11 is 0. The van der Waals surface area contributed by atoms with Crippen LogP contribution in [0.2, 0.25) is 0 Å². The van der Waals surface area contributed by atoms with E-state index in [0.717, 1.165) is 24.3 Å². The number of nitro groups is 1. The van der Waals surface area contributed by atoms with E-state index in [1.54, 1.807) is 18.6 Å². The van der Waals surface area contributed by atoms with Crippen molar-refractivity contribution < 1.29 is 4.92 Å².